The van der Waals surface area contributed by atoms with Crippen molar-refractivity contribution in [1.82, 2.24) is 29.9 Å². The van der Waals surface area contributed by atoms with Crippen LogP contribution < -0.4 is 20.9 Å². The number of aromatic nitrogens is 3. The molecule has 9 rings (SSSR count). The Bertz CT molecular complexity index is 2470. The van der Waals surface area contributed by atoms with Crippen LogP contribution in [-0.4, -0.2) is 106 Å². The van der Waals surface area contributed by atoms with Crippen molar-refractivity contribution in [3.8, 4) is 17.0 Å². The molecular formula is C47H54FN9O4. The van der Waals surface area contributed by atoms with Crippen LogP contribution in [0.2, 0.25) is 0 Å². The van der Waals surface area contributed by atoms with E-state index in [2.05, 4.69) is 68.1 Å². The highest BCUT2D eigenvalue weighted by Crippen LogP contribution is 2.40. The molecule has 0 aliphatic carbocycles. The van der Waals surface area contributed by atoms with Gasteiger partial charge < -0.3 is 30.1 Å². The number of piperidine rings is 3. The van der Waals surface area contributed by atoms with Gasteiger partial charge in [0.2, 0.25) is 5.91 Å². The molecule has 0 bridgehead atoms. The fourth-order valence-corrected chi connectivity index (χ4v) is 10.1. The zero-order chi connectivity index (χ0) is 42.5. The molecule has 14 heteroatoms. The van der Waals surface area contributed by atoms with Gasteiger partial charge in [-0.1, -0.05) is 31.2 Å². The van der Waals surface area contributed by atoms with Gasteiger partial charge in [0.25, 0.3) is 5.91 Å². The molecule has 4 N–H and O–H groups in total. The first-order chi connectivity index (χ1) is 29.4. The van der Waals surface area contributed by atoms with E-state index < -0.39 is 5.67 Å². The number of imide groups is 1. The number of carbonyl (C=O) groups is 3. The standard InChI is InChI=1S/C47H54FN9O4/c1-31-28-57(39-13-12-35(26-37(31)39)56-23-16-42(59)50-45(56)61)34-14-21-53(22-15-34)30-47(48)18-24-54(25-19-47)44(60)32-8-10-33(11-9-32)46(2)17-5-20-55(29-46)40-27-38(51-52-43(40)49)36-6-3-4-7-41(36)58/h3-4,6-13,26-28,34,58H,5,14-25,29-30H2,1-2H3,(H2,49,52)(H,50,59,61)/t46-/m0/s1. The lowest BCUT2D eigenvalue weighted by Gasteiger charge is -2.42. The summed E-state index contributed by atoms with van der Waals surface area (Å²) in [5.41, 5.74) is 11.5. The van der Waals surface area contributed by atoms with Gasteiger partial charge in [-0.25, -0.2) is 9.18 Å². The molecule has 0 spiro atoms. The Kier molecular flexibility index (Phi) is 10.7. The van der Waals surface area contributed by atoms with Crippen LogP contribution in [0.1, 0.15) is 79.4 Å². The molecule has 4 saturated heterocycles. The third-order valence-electron chi connectivity index (χ3n) is 13.6. The molecule has 2 aromatic heterocycles. The minimum Gasteiger partial charge on any atom is -0.507 e. The van der Waals surface area contributed by atoms with Crippen LogP contribution in [0, 0.1) is 6.92 Å². The zero-order valence-corrected chi connectivity index (χ0v) is 34.9. The summed E-state index contributed by atoms with van der Waals surface area (Å²) in [6.45, 7) is 8.94. The van der Waals surface area contributed by atoms with Crippen LogP contribution >= 0.6 is 0 Å². The Morgan fingerprint density at radius 1 is 0.934 bits per heavy atom. The summed E-state index contributed by atoms with van der Waals surface area (Å²) < 4.78 is 18.7. The van der Waals surface area contributed by atoms with Gasteiger partial charge in [0.15, 0.2) is 5.82 Å². The number of fused-ring (bicyclic) bond motifs is 1. The highest BCUT2D eigenvalue weighted by Gasteiger charge is 2.39. The maximum atomic E-state index is 16.4. The van der Waals surface area contributed by atoms with E-state index in [1.807, 2.05) is 42.5 Å². The average Bonchev–Trinajstić information content (AvgIpc) is 3.59. The summed E-state index contributed by atoms with van der Waals surface area (Å²) in [4.78, 5) is 45.7. The normalized spacial score (nSPS) is 21.5. The third kappa shape index (κ3) is 8.01. The monoisotopic (exact) mass is 827 g/mol. The molecule has 4 amide bonds. The third-order valence-corrected chi connectivity index (χ3v) is 13.6. The molecule has 4 aliphatic rings. The molecule has 1 atom stereocenters. The maximum absolute atomic E-state index is 16.4. The van der Waals surface area contributed by atoms with Gasteiger partial charge in [-0.05, 0) is 92.3 Å². The van der Waals surface area contributed by atoms with Crippen molar-refractivity contribution in [3.05, 3.63) is 95.7 Å². The van der Waals surface area contributed by atoms with Gasteiger partial charge in [0.1, 0.15) is 11.4 Å². The number of phenols is 1. The first kappa shape index (κ1) is 40.4. The molecule has 13 nitrogen and oxygen atoms in total. The topological polar surface area (TPSA) is 153 Å². The summed E-state index contributed by atoms with van der Waals surface area (Å²) in [5, 5.41) is 22.4. The predicted molar refractivity (Wildman–Crippen MR) is 235 cm³/mol. The first-order valence-electron chi connectivity index (χ1n) is 21.6. The lowest BCUT2D eigenvalue weighted by molar-refractivity contribution is -0.120. The fourth-order valence-electron chi connectivity index (χ4n) is 10.1. The summed E-state index contributed by atoms with van der Waals surface area (Å²) in [6, 6.07) is 22.8. The lowest BCUT2D eigenvalue weighted by Crippen LogP contribution is -2.51. The van der Waals surface area contributed by atoms with Gasteiger partial charge in [0.05, 0.1) is 11.4 Å². The van der Waals surface area contributed by atoms with Crippen molar-refractivity contribution in [2.75, 3.05) is 67.9 Å². The average molecular weight is 828 g/mol. The number of para-hydroxylation sites is 1. The molecule has 318 valence electrons. The molecule has 5 aromatic rings. The second-order valence-electron chi connectivity index (χ2n) is 17.8. The van der Waals surface area contributed by atoms with E-state index in [0.717, 1.165) is 78.7 Å². The highest BCUT2D eigenvalue weighted by molar-refractivity contribution is 6.06. The Labute approximate surface area is 355 Å². The number of alkyl halides is 1. The van der Waals surface area contributed by atoms with Crippen molar-refractivity contribution in [3.63, 3.8) is 0 Å². The molecule has 4 aliphatic heterocycles. The number of nitrogens with one attached hydrogen (secondary N) is 1. The van der Waals surface area contributed by atoms with Crippen molar-refractivity contribution in [2.45, 2.75) is 75.9 Å². The molecular weight excluding hydrogens is 774 g/mol. The number of aromatic hydroxyl groups is 1. The van der Waals surface area contributed by atoms with E-state index in [4.69, 9.17) is 5.73 Å². The number of amides is 4. The fraction of sp³-hybridized carbons (Fsp3) is 0.426. The van der Waals surface area contributed by atoms with Crippen LogP contribution in [0.4, 0.5) is 26.4 Å². The first-order valence-corrected chi connectivity index (χ1v) is 21.6. The molecule has 0 unspecified atom stereocenters. The van der Waals surface area contributed by atoms with E-state index in [0.29, 0.717) is 68.2 Å². The van der Waals surface area contributed by atoms with Crippen LogP contribution in [0.25, 0.3) is 22.2 Å². The number of hydrogen-bond donors (Lipinski definition) is 3. The van der Waals surface area contributed by atoms with Crippen LogP contribution in [-0.2, 0) is 10.2 Å². The van der Waals surface area contributed by atoms with Crippen molar-refractivity contribution in [2.24, 2.45) is 0 Å². The maximum Gasteiger partial charge on any atom is 0.328 e. The van der Waals surface area contributed by atoms with Gasteiger partial charge in [0, 0.05) is 117 Å². The van der Waals surface area contributed by atoms with Crippen LogP contribution in [0.3, 0.4) is 0 Å². The number of hydrogen-bond acceptors (Lipinski definition) is 9. The second kappa shape index (κ2) is 16.1. The summed E-state index contributed by atoms with van der Waals surface area (Å²) in [5.74, 6) is 0.166. The predicted octanol–water partition coefficient (Wildman–Crippen LogP) is 6.98. The number of benzene rings is 3. The van der Waals surface area contributed by atoms with Crippen LogP contribution in [0.5, 0.6) is 5.75 Å². The second-order valence-corrected chi connectivity index (χ2v) is 17.8. The quantitative estimate of drug-likeness (QED) is 0.150. The molecule has 4 fully saturated rings. The Morgan fingerprint density at radius 3 is 2.43 bits per heavy atom. The number of anilines is 3. The van der Waals surface area contributed by atoms with E-state index in [1.165, 1.54) is 0 Å². The van der Waals surface area contributed by atoms with Crippen molar-refractivity contribution < 1.29 is 23.9 Å². The SMILES string of the molecule is Cc1cn(C2CCN(CC3(F)CCN(C(=O)c4ccc([C@@]5(C)CCCN(c6cc(-c7ccccc7O)nnc6N)C5)cc4)CC3)CC2)c2ccc(N3CCC(=O)NC3=O)cc12. The lowest BCUT2D eigenvalue weighted by atomic mass is 9.75. The van der Waals surface area contributed by atoms with E-state index in [-0.39, 0.29) is 41.5 Å². The van der Waals surface area contributed by atoms with Gasteiger partial charge in [-0.15, -0.1) is 10.2 Å². The molecule has 0 radical (unpaired) electrons. The molecule has 0 saturated carbocycles. The minimum absolute atomic E-state index is 0.0622. The number of nitrogen functional groups attached to an aromatic ring is 1. The minimum atomic E-state index is -1.34. The van der Waals surface area contributed by atoms with E-state index in [1.54, 1.807) is 21.9 Å². The summed E-state index contributed by atoms with van der Waals surface area (Å²) >= 11 is 0. The Hall–Kier alpha value is -6.02. The zero-order valence-electron chi connectivity index (χ0n) is 34.9. The largest absolute Gasteiger partial charge is 0.507 e. The summed E-state index contributed by atoms with van der Waals surface area (Å²) in [6.07, 6.45) is 6.83. The van der Waals surface area contributed by atoms with Crippen molar-refractivity contribution >= 4 is 45.9 Å². The Balaban J connectivity index is 0.779. The number of rotatable bonds is 8. The number of likely N-dealkylation sites (tertiary alicyclic amines) is 2. The Morgan fingerprint density at radius 2 is 1.69 bits per heavy atom. The van der Waals surface area contributed by atoms with Gasteiger partial charge in [-0.2, -0.15) is 0 Å². The number of aryl methyl sites for hydroxylation is 1. The number of phenolic OH excluding ortho intramolecular Hbond substituents is 1. The van der Waals surface area contributed by atoms with Gasteiger partial charge >= 0.3 is 6.03 Å². The number of carbonyl (C=O) groups excluding carboxylic acids is 3. The summed E-state index contributed by atoms with van der Waals surface area (Å²) in [7, 11) is 0. The molecule has 6 heterocycles. The van der Waals surface area contributed by atoms with Gasteiger partial charge in [-0.3, -0.25) is 19.8 Å². The number of nitrogens with zero attached hydrogens (tertiary/aromatic N) is 7. The number of nitrogens with two attached hydrogens (primary N) is 1. The van der Waals surface area contributed by atoms with Crippen molar-refractivity contribution in [1.29, 1.82) is 0 Å². The number of urea groups is 1. The molecule has 3 aromatic carbocycles. The van der Waals surface area contributed by atoms with E-state index >= 15 is 4.39 Å². The number of halogens is 1. The highest BCUT2D eigenvalue weighted by atomic mass is 19.1. The smallest absolute Gasteiger partial charge is 0.328 e. The molecule has 61 heavy (non-hydrogen) atoms. The van der Waals surface area contributed by atoms with Crippen LogP contribution in [0.15, 0.2) is 79.0 Å². The van der Waals surface area contributed by atoms with E-state index in [9.17, 15) is 19.5 Å².